The van der Waals surface area contributed by atoms with Gasteiger partial charge < -0.3 is 0 Å². The van der Waals surface area contributed by atoms with Gasteiger partial charge in [0.25, 0.3) is 0 Å². The average molecular weight is 271 g/mol. The second kappa shape index (κ2) is 4.75. The molecule has 74 valence electrons. The van der Waals surface area contributed by atoms with E-state index in [2.05, 4.69) is 43.7 Å². The van der Waals surface area contributed by atoms with Gasteiger partial charge >= 0.3 is 0 Å². The molecule has 4 heteroatoms. The van der Waals surface area contributed by atoms with Crippen LogP contribution in [0.5, 0.6) is 0 Å². The Kier molecular flexibility index (Phi) is 3.37. The summed E-state index contributed by atoms with van der Waals surface area (Å²) in [6.45, 7) is 0. The molecule has 0 saturated heterocycles. The van der Waals surface area contributed by atoms with E-state index < -0.39 is 0 Å². The molecule has 0 amide bonds. The molecule has 0 unspecified atom stereocenters. The van der Waals surface area contributed by atoms with Crippen LogP contribution in [0.25, 0.3) is 4.96 Å². The number of hydrogen-bond acceptors (Lipinski definition) is 2. The molecule has 0 fully saturated rings. The van der Waals surface area contributed by atoms with E-state index in [1.165, 1.54) is 0 Å². The summed E-state index contributed by atoms with van der Waals surface area (Å²) < 4.78 is 2.07. The number of nitrogens with zero attached hydrogens (tertiary/aromatic N) is 2. The minimum absolute atomic E-state index is 0.932. The first-order valence-electron chi connectivity index (χ1n) is 4.52. The zero-order chi connectivity index (χ0) is 9.80. The van der Waals surface area contributed by atoms with E-state index in [4.69, 9.17) is 0 Å². The van der Waals surface area contributed by atoms with E-state index in [-0.39, 0.29) is 0 Å². The number of alkyl halides is 1. The van der Waals surface area contributed by atoms with Crippen molar-refractivity contribution in [3.8, 4) is 0 Å². The Bertz CT molecular complexity index is 401. The number of hydrogen-bond donors (Lipinski definition) is 0. The second-order valence-electron chi connectivity index (χ2n) is 2.98. The van der Waals surface area contributed by atoms with Gasteiger partial charge in [0.05, 0.1) is 5.69 Å². The monoisotopic (exact) mass is 270 g/mol. The van der Waals surface area contributed by atoms with Crippen LogP contribution < -0.4 is 0 Å². The van der Waals surface area contributed by atoms with Gasteiger partial charge in [-0.2, -0.15) is 0 Å². The van der Waals surface area contributed by atoms with Crippen LogP contribution in [0, 0.1) is 0 Å². The molecule has 14 heavy (non-hydrogen) atoms. The Balaban J connectivity index is 2.01. The molecule has 0 aliphatic carbocycles. The molecule has 0 atom stereocenters. The Hall–Kier alpha value is -0.610. The maximum Gasteiger partial charge on any atom is 0.193 e. The van der Waals surface area contributed by atoms with Crippen molar-refractivity contribution in [3.05, 3.63) is 35.6 Å². The Morgan fingerprint density at radius 1 is 1.50 bits per heavy atom. The van der Waals surface area contributed by atoms with Crippen LogP contribution >= 0.6 is 27.3 Å². The molecule has 0 aliphatic rings. The van der Waals surface area contributed by atoms with Crippen LogP contribution in [0.15, 0.2) is 29.9 Å². The SMILES string of the molecule is BrCC/C=C/Cc1cn2ccsc2n1. The van der Waals surface area contributed by atoms with Crippen molar-refractivity contribution >= 4 is 32.2 Å². The van der Waals surface area contributed by atoms with E-state index in [0.29, 0.717) is 0 Å². The average Bonchev–Trinajstić information content (AvgIpc) is 2.72. The van der Waals surface area contributed by atoms with Gasteiger partial charge in [-0.05, 0) is 6.42 Å². The van der Waals surface area contributed by atoms with Crippen LogP contribution in [0.3, 0.4) is 0 Å². The highest BCUT2D eigenvalue weighted by Gasteiger charge is 1.99. The fourth-order valence-electron chi connectivity index (χ4n) is 1.26. The predicted molar refractivity (Wildman–Crippen MR) is 64.3 cm³/mol. The minimum atomic E-state index is 0.932. The molecule has 0 N–H and O–H groups in total. The number of allylic oxidation sites excluding steroid dienone is 2. The summed E-state index contributed by atoms with van der Waals surface area (Å²) in [6, 6.07) is 0. The molecule has 2 nitrogen and oxygen atoms in total. The largest absolute Gasteiger partial charge is 0.297 e. The summed E-state index contributed by atoms with van der Waals surface area (Å²) in [7, 11) is 0. The van der Waals surface area contributed by atoms with Gasteiger partial charge in [0.15, 0.2) is 4.96 Å². The lowest BCUT2D eigenvalue weighted by Crippen LogP contribution is -1.79. The Morgan fingerprint density at radius 3 is 3.21 bits per heavy atom. The van der Waals surface area contributed by atoms with Crippen molar-refractivity contribution in [1.29, 1.82) is 0 Å². The summed E-state index contributed by atoms with van der Waals surface area (Å²) in [5.74, 6) is 0. The van der Waals surface area contributed by atoms with E-state index in [1.807, 2.05) is 11.6 Å². The van der Waals surface area contributed by atoms with E-state index >= 15 is 0 Å². The highest BCUT2D eigenvalue weighted by molar-refractivity contribution is 9.09. The second-order valence-corrected chi connectivity index (χ2v) is 4.64. The van der Waals surface area contributed by atoms with Gasteiger partial charge in [0.2, 0.25) is 0 Å². The molecular weight excluding hydrogens is 260 g/mol. The Labute approximate surface area is 95.4 Å². The molecule has 0 aromatic carbocycles. The first kappa shape index (κ1) is 9.93. The normalized spacial score (nSPS) is 11.8. The van der Waals surface area contributed by atoms with Crippen molar-refractivity contribution in [2.24, 2.45) is 0 Å². The van der Waals surface area contributed by atoms with E-state index in [0.717, 1.165) is 28.8 Å². The maximum atomic E-state index is 4.49. The zero-order valence-corrected chi connectivity index (χ0v) is 10.1. The first-order valence-corrected chi connectivity index (χ1v) is 6.52. The van der Waals surface area contributed by atoms with Gasteiger partial charge in [-0.3, -0.25) is 4.40 Å². The number of imidazole rings is 1. The van der Waals surface area contributed by atoms with Crippen molar-refractivity contribution in [2.45, 2.75) is 12.8 Å². The quantitative estimate of drug-likeness (QED) is 0.616. The smallest absolute Gasteiger partial charge is 0.193 e. The molecule has 2 aromatic rings. The molecule has 0 saturated carbocycles. The van der Waals surface area contributed by atoms with Gasteiger partial charge in [-0.1, -0.05) is 28.1 Å². The lowest BCUT2D eigenvalue weighted by atomic mass is 10.3. The van der Waals surface area contributed by atoms with E-state index in [9.17, 15) is 0 Å². The third kappa shape index (κ3) is 2.25. The summed E-state index contributed by atoms with van der Waals surface area (Å²) >= 11 is 5.06. The summed E-state index contributed by atoms with van der Waals surface area (Å²) in [6.07, 6.45) is 10.5. The lowest BCUT2D eigenvalue weighted by molar-refractivity contribution is 1.14. The van der Waals surface area contributed by atoms with Gasteiger partial charge in [0, 0.05) is 29.5 Å². The van der Waals surface area contributed by atoms with Crippen molar-refractivity contribution in [2.75, 3.05) is 5.33 Å². The lowest BCUT2D eigenvalue weighted by Gasteiger charge is -1.86. The minimum Gasteiger partial charge on any atom is -0.297 e. The molecule has 0 spiro atoms. The summed E-state index contributed by atoms with van der Waals surface area (Å²) in [5.41, 5.74) is 1.14. The molecule has 2 rings (SSSR count). The zero-order valence-electron chi connectivity index (χ0n) is 7.69. The fourth-order valence-corrected chi connectivity index (χ4v) is 2.24. The third-order valence-electron chi connectivity index (χ3n) is 1.91. The number of fused-ring (bicyclic) bond motifs is 1. The Morgan fingerprint density at radius 2 is 2.43 bits per heavy atom. The summed E-state index contributed by atoms with van der Waals surface area (Å²) in [4.78, 5) is 5.57. The van der Waals surface area contributed by atoms with Crippen LogP contribution in [0.4, 0.5) is 0 Å². The number of aromatic nitrogens is 2. The predicted octanol–water partition coefficient (Wildman–Crippen LogP) is 3.28. The first-order chi connectivity index (χ1) is 6.90. The van der Waals surface area contributed by atoms with Crippen molar-refractivity contribution in [3.63, 3.8) is 0 Å². The van der Waals surface area contributed by atoms with E-state index in [1.54, 1.807) is 11.3 Å². The standard InChI is InChI=1S/C10H11BrN2S/c11-5-3-1-2-4-9-8-13-6-7-14-10(13)12-9/h1-2,6-8H,3-5H2/b2-1+. The fraction of sp³-hybridized carbons (Fsp3) is 0.300. The molecule has 2 aromatic heterocycles. The van der Waals surface area contributed by atoms with Crippen LogP contribution in [0.2, 0.25) is 0 Å². The number of halogens is 1. The highest BCUT2D eigenvalue weighted by Crippen LogP contribution is 2.11. The molecular formula is C10H11BrN2S. The maximum absolute atomic E-state index is 4.49. The molecule has 0 bridgehead atoms. The van der Waals surface area contributed by atoms with Gasteiger partial charge in [-0.15, -0.1) is 11.3 Å². The number of rotatable bonds is 4. The summed E-state index contributed by atoms with van der Waals surface area (Å²) in [5, 5.41) is 3.08. The topological polar surface area (TPSA) is 17.3 Å². The molecule has 2 heterocycles. The third-order valence-corrected chi connectivity index (χ3v) is 3.14. The van der Waals surface area contributed by atoms with Crippen LogP contribution in [0.1, 0.15) is 12.1 Å². The highest BCUT2D eigenvalue weighted by atomic mass is 79.9. The number of thiazole rings is 1. The van der Waals surface area contributed by atoms with Gasteiger partial charge in [-0.25, -0.2) is 4.98 Å². The van der Waals surface area contributed by atoms with Crippen molar-refractivity contribution < 1.29 is 0 Å². The van der Waals surface area contributed by atoms with Crippen LogP contribution in [-0.4, -0.2) is 14.7 Å². The van der Waals surface area contributed by atoms with Crippen LogP contribution in [-0.2, 0) is 6.42 Å². The molecule has 0 aliphatic heterocycles. The van der Waals surface area contributed by atoms with Gasteiger partial charge in [0.1, 0.15) is 0 Å². The molecule has 0 radical (unpaired) electrons. The van der Waals surface area contributed by atoms with Crippen molar-refractivity contribution in [1.82, 2.24) is 9.38 Å².